The Hall–Kier alpha value is -1.23. The topological polar surface area (TPSA) is 72.5 Å². The van der Waals surface area contributed by atoms with Crippen LogP contribution in [0.4, 0.5) is 0 Å². The summed E-state index contributed by atoms with van der Waals surface area (Å²) in [5, 5.41) is 2.92. The average Bonchev–Trinajstić information content (AvgIpc) is 2.45. The van der Waals surface area contributed by atoms with Crippen LogP contribution in [0.1, 0.15) is 46.5 Å². The third-order valence-corrected chi connectivity index (χ3v) is 4.03. The van der Waals surface area contributed by atoms with Crippen molar-refractivity contribution in [2.75, 3.05) is 13.7 Å². The molecule has 1 saturated heterocycles. The predicted molar refractivity (Wildman–Crippen MR) is 70.7 cm³/mol. The van der Waals surface area contributed by atoms with Gasteiger partial charge < -0.3 is 4.74 Å². The fraction of sp³-hybridized carbons (Fsp3) is 0.786. The lowest BCUT2D eigenvalue weighted by molar-refractivity contribution is -0.159. The van der Waals surface area contributed by atoms with Gasteiger partial charge in [0.2, 0.25) is 11.6 Å². The zero-order valence-electron chi connectivity index (χ0n) is 12.2. The van der Waals surface area contributed by atoms with Crippen LogP contribution in [-0.4, -0.2) is 36.7 Å². The molecular formula is C14H23NO4. The van der Waals surface area contributed by atoms with Gasteiger partial charge in [0, 0.05) is 5.41 Å². The van der Waals surface area contributed by atoms with Crippen molar-refractivity contribution >= 4 is 17.5 Å². The quantitative estimate of drug-likeness (QED) is 0.462. The van der Waals surface area contributed by atoms with Gasteiger partial charge in [-0.1, -0.05) is 20.8 Å². The Morgan fingerprint density at radius 1 is 1.26 bits per heavy atom. The first-order valence-corrected chi connectivity index (χ1v) is 6.74. The Kier molecular flexibility index (Phi) is 4.85. The molecule has 0 aromatic rings. The van der Waals surface area contributed by atoms with Crippen LogP contribution in [0.15, 0.2) is 0 Å². The number of ketones is 2. The second-order valence-electron chi connectivity index (χ2n) is 5.68. The van der Waals surface area contributed by atoms with Gasteiger partial charge in [-0.05, 0) is 32.2 Å². The maximum Gasteiger partial charge on any atom is 0.334 e. The minimum atomic E-state index is -1.48. The second kappa shape index (κ2) is 5.82. The molecule has 1 N–H and O–H groups in total. The summed E-state index contributed by atoms with van der Waals surface area (Å²) in [4.78, 5) is 36.8. The molecule has 0 aliphatic carbocycles. The van der Waals surface area contributed by atoms with Crippen molar-refractivity contribution in [3.63, 3.8) is 0 Å². The fourth-order valence-corrected chi connectivity index (χ4v) is 2.20. The molecule has 0 aromatic carbocycles. The van der Waals surface area contributed by atoms with E-state index in [9.17, 15) is 14.4 Å². The second-order valence-corrected chi connectivity index (χ2v) is 5.68. The Morgan fingerprint density at radius 3 is 2.32 bits per heavy atom. The highest BCUT2D eigenvalue weighted by atomic mass is 16.5. The molecule has 1 aliphatic heterocycles. The van der Waals surface area contributed by atoms with Crippen LogP contribution >= 0.6 is 0 Å². The maximum absolute atomic E-state index is 12.5. The Labute approximate surface area is 114 Å². The number of rotatable bonds is 5. The summed E-state index contributed by atoms with van der Waals surface area (Å²) in [5.74, 6) is -1.82. The lowest BCUT2D eigenvalue weighted by atomic mass is 9.75. The van der Waals surface area contributed by atoms with Gasteiger partial charge in [-0.2, -0.15) is 0 Å². The molecule has 1 aliphatic rings. The molecule has 0 amide bonds. The average molecular weight is 269 g/mol. The third kappa shape index (κ3) is 2.86. The van der Waals surface area contributed by atoms with Crippen LogP contribution in [0.3, 0.4) is 0 Å². The molecule has 1 unspecified atom stereocenters. The summed E-state index contributed by atoms with van der Waals surface area (Å²) in [5.41, 5.74) is -2.23. The van der Waals surface area contributed by atoms with Crippen molar-refractivity contribution in [3.8, 4) is 0 Å². The zero-order valence-corrected chi connectivity index (χ0v) is 12.2. The highest BCUT2D eigenvalue weighted by molar-refractivity contribution is 6.46. The number of hydrogen-bond acceptors (Lipinski definition) is 5. The number of ether oxygens (including phenoxy) is 1. The summed E-state index contributed by atoms with van der Waals surface area (Å²) in [6.45, 7) is 5.84. The van der Waals surface area contributed by atoms with E-state index in [2.05, 4.69) is 5.32 Å². The van der Waals surface area contributed by atoms with Crippen LogP contribution in [0, 0.1) is 5.41 Å². The molecule has 5 nitrogen and oxygen atoms in total. The van der Waals surface area contributed by atoms with Gasteiger partial charge in [-0.25, -0.2) is 4.79 Å². The highest BCUT2D eigenvalue weighted by Crippen LogP contribution is 2.28. The number of carbonyl (C=O) groups is 3. The summed E-state index contributed by atoms with van der Waals surface area (Å²) < 4.78 is 4.74. The van der Waals surface area contributed by atoms with Gasteiger partial charge in [0.25, 0.3) is 0 Å². The molecule has 0 bridgehead atoms. The number of esters is 1. The first kappa shape index (κ1) is 15.8. The Bertz CT molecular complexity index is 381. The van der Waals surface area contributed by atoms with Gasteiger partial charge in [-0.3, -0.25) is 14.9 Å². The van der Waals surface area contributed by atoms with Gasteiger partial charge in [-0.15, -0.1) is 0 Å². The first-order chi connectivity index (χ1) is 8.81. The molecule has 0 radical (unpaired) electrons. The molecule has 19 heavy (non-hydrogen) atoms. The minimum Gasteiger partial charge on any atom is -0.467 e. The summed E-state index contributed by atoms with van der Waals surface area (Å²) in [6.07, 6.45) is 2.49. The lowest BCUT2D eigenvalue weighted by Crippen LogP contribution is -2.64. The van der Waals surface area contributed by atoms with E-state index >= 15 is 0 Å². The number of piperidine rings is 1. The summed E-state index contributed by atoms with van der Waals surface area (Å²) in [7, 11) is 1.24. The van der Waals surface area contributed by atoms with E-state index in [1.165, 1.54) is 7.11 Å². The highest BCUT2D eigenvalue weighted by Gasteiger charge is 2.52. The Morgan fingerprint density at radius 2 is 1.89 bits per heavy atom. The monoisotopic (exact) mass is 269 g/mol. The van der Waals surface area contributed by atoms with Gasteiger partial charge >= 0.3 is 5.97 Å². The molecule has 1 fully saturated rings. The number of Topliss-reactive ketones (excluding diaryl/α,β-unsaturated/α-hetero) is 2. The molecule has 0 saturated carbocycles. The van der Waals surface area contributed by atoms with Crippen molar-refractivity contribution in [1.29, 1.82) is 0 Å². The minimum absolute atomic E-state index is 0.323. The number of methoxy groups -OCH3 is 1. The van der Waals surface area contributed by atoms with E-state index in [-0.39, 0.29) is 0 Å². The lowest BCUT2D eigenvalue weighted by Gasteiger charge is -2.35. The van der Waals surface area contributed by atoms with Crippen LogP contribution in [0.5, 0.6) is 0 Å². The van der Waals surface area contributed by atoms with E-state index in [0.29, 0.717) is 19.4 Å². The normalized spacial score (nSPS) is 23.8. The maximum atomic E-state index is 12.5. The van der Waals surface area contributed by atoms with Crippen LogP contribution < -0.4 is 5.32 Å². The molecule has 5 heteroatoms. The zero-order chi connectivity index (χ0) is 14.7. The molecule has 0 spiro atoms. The molecule has 108 valence electrons. The molecule has 1 atom stereocenters. The largest absolute Gasteiger partial charge is 0.467 e. The van der Waals surface area contributed by atoms with E-state index in [1.807, 2.05) is 6.92 Å². The van der Waals surface area contributed by atoms with Crippen LogP contribution in [0.2, 0.25) is 0 Å². The van der Waals surface area contributed by atoms with E-state index in [4.69, 9.17) is 4.74 Å². The van der Waals surface area contributed by atoms with E-state index in [0.717, 1.165) is 12.8 Å². The number of carbonyl (C=O) groups excluding carboxylic acids is 3. The molecule has 1 heterocycles. The summed E-state index contributed by atoms with van der Waals surface area (Å²) in [6, 6.07) is 0. The van der Waals surface area contributed by atoms with E-state index in [1.54, 1.807) is 13.8 Å². The first-order valence-electron chi connectivity index (χ1n) is 6.74. The van der Waals surface area contributed by atoms with Crippen molar-refractivity contribution < 1.29 is 19.1 Å². The molecular weight excluding hydrogens is 246 g/mol. The SMILES string of the molecule is CCC(C)(C)C(=O)C(=O)C1(C(=O)OC)CCCCN1. The standard InChI is InChI=1S/C14H23NO4/c1-5-13(2,3)10(16)11(17)14(12(18)19-4)8-6-7-9-15-14/h15H,5-9H2,1-4H3. The number of nitrogens with one attached hydrogen (secondary N) is 1. The molecule has 1 rings (SSSR count). The van der Waals surface area contributed by atoms with Crippen LogP contribution in [-0.2, 0) is 19.1 Å². The van der Waals surface area contributed by atoms with Crippen molar-refractivity contribution in [3.05, 3.63) is 0 Å². The predicted octanol–water partition coefficient (Wildman–Crippen LogP) is 1.25. The number of hydrogen-bond donors (Lipinski definition) is 1. The van der Waals surface area contributed by atoms with Gasteiger partial charge in [0.15, 0.2) is 5.54 Å². The van der Waals surface area contributed by atoms with Crippen molar-refractivity contribution in [1.82, 2.24) is 5.32 Å². The van der Waals surface area contributed by atoms with E-state index < -0.39 is 28.5 Å². The summed E-state index contributed by atoms with van der Waals surface area (Å²) >= 11 is 0. The molecule has 0 aromatic heterocycles. The smallest absolute Gasteiger partial charge is 0.334 e. The third-order valence-electron chi connectivity index (χ3n) is 4.03. The van der Waals surface area contributed by atoms with Gasteiger partial charge in [0.1, 0.15) is 0 Å². The van der Waals surface area contributed by atoms with Crippen molar-refractivity contribution in [2.45, 2.75) is 52.0 Å². The van der Waals surface area contributed by atoms with Gasteiger partial charge in [0.05, 0.1) is 7.11 Å². The van der Waals surface area contributed by atoms with Crippen LogP contribution in [0.25, 0.3) is 0 Å². The van der Waals surface area contributed by atoms with Crippen molar-refractivity contribution in [2.24, 2.45) is 5.41 Å². The fourth-order valence-electron chi connectivity index (χ4n) is 2.20. The Balaban J connectivity index is 3.09.